The van der Waals surface area contributed by atoms with E-state index in [1.807, 2.05) is 0 Å². The second-order valence-corrected chi connectivity index (χ2v) is 2.94. The maximum atomic E-state index is 10.8. The first-order chi connectivity index (χ1) is 4.75. The first kappa shape index (κ1) is 7.63. The predicted octanol–water partition coefficient (Wildman–Crippen LogP) is 0.958. The molecular weight excluding hydrogens is 168 g/mol. The largest absolute Gasteiger partial charge is 0.294 e. The molecule has 0 bridgehead atoms. The molecule has 0 fully saturated rings. The van der Waals surface area contributed by atoms with Crippen LogP contribution < -0.4 is 0 Å². The number of thioether (sulfide) groups is 1. The number of thiocarbonyl (C=S) groups is 1. The van der Waals surface area contributed by atoms with Crippen molar-refractivity contribution in [3.63, 3.8) is 0 Å². The molecule has 4 heteroatoms. The van der Waals surface area contributed by atoms with Crippen molar-refractivity contribution in [1.82, 2.24) is 0 Å². The SMILES string of the molecule is O=C1C=CSC(=O)C1C=S. The zero-order valence-electron chi connectivity index (χ0n) is 4.94. The molecule has 0 saturated heterocycles. The van der Waals surface area contributed by atoms with Crippen LogP contribution in [0, 0.1) is 5.92 Å². The van der Waals surface area contributed by atoms with Crippen LogP contribution in [0.1, 0.15) is 0 Å². The lowest BCUT2D eigenvalue weighted by atomic mass is 10.1. The highest BCUT2D eigenvalue weighted by Gasteiger charge is 2.24. The van der Waals surface area contributed by atoms with Crippen LogP contribution in [0.25, 0.3) is 0 Å². The van der Waals surface area contributed by atoms with Gasteiger partial charge in [0, 0.05) is 0 Å². The Kier molecular flexibility index (Phi) is 2.34. The van der Waals surface area contributed by atoms with Gasteiger partial charge in [-0.25, -0.2) is 0 Å². The minimum Gasteiger partial charge on any atom is -0.294 e. The summed E-state index contributed by atoms with van der Waals surface area (Å²) in [6.45, 7) is 0. The fraction of sp³-hybridized carbons (Fsp3) is 0.167. The van der Waals surface area contributed by atoms with E-state index in [2.05, 4.69) is 12.2 Å². The number of ketones is 1. The predicted molar refractivity (Wildman–Crippen MR) is 43.9 cm³/mol. The summed E-state index contributed by atoms with van der Waals surface area (Å²) >= 11 is 5.53. The van der Waals surface area contributed by atoms with Crippen LogP contribution in [-0.4, -0.2) is 16.3 Å². The van der Waals surface area contributed by atoms with Crippen molar-refractivity contribution in [2.75, 3.05) is 0 Å². The van der Waals surface area contributed by atoms with Crippen molar-refractivity contribution >= 4 is 40.2 Å². The molecule has 1 unspecified atom stereocenters. The number of allylic oxidation sites excluding steroid dienone is 1. The molecule has 0 aromatic carbocycles. The number of carbonyl (C=O) groups excluding carboxylic acids is 2. The number of carbonyl (C=O) groups is 2. The summed E-state index contributed by atoms with van der Waals surface area (Å²) in [4.78, 5) is 21.6. The van der Waals surface area contributed by atoms with Gasteiger partial charge in [-0.2, -0.15) is 0 Å². The Morgan fingerprint density at radius 2 is 2.30 bits per heavy atom. The maximum absolute atomic E-state index is 10.8. The Bertz CT molecular complexity index is 220. The van der Waals surface area contributed by atoms with E-state index < -0.39 is 5.92 Å². The number of rotatable bonds is 1. The summed E-state index contributed by atoms with van der Waals surface area (Å²) < 4.78 is 0. The van der Waals surface area contributed by atoms with Gasteiger partial charge < -0.3 is 0 Å². The first-order valence-electron chi connectivity index (χ1n) is 2.62. The van der Waals surface area contributed by atoms with Crippen LogP contribution in [0.15, 0.2) is 11.5 Å². The summed E-state index contributed by atoms with van der Waals surface area (Å²) in [6.07, 6.45) is 1.37. The minimum absolute atomic E-state index is 0.178. The minimum atomic E-state index is -0.690. The van der Waals surface area contributed by atoms with E-state index in [1.165, 1.54) is 16.9 Å². The van der Waals surface area contributed by atoms with E-state index in [1.54, 1.807) is 0 Å². The lowest BCUT2D eigenvalue weighted by Gasteiger charge is -2.07. The van der Waals surface area contributed by atoms with Crippen LogP contribution in [-0.2, 0) is 9.59 Å². The quantitative estimate of drug-likeness (QED) is 0.436. The molecule has 0 spiro atoms. The normalized spacial score (nSPS) is 25.0. The zero-order valence-corrected chi connectivity index (χ0v) is 6.58. The fourth-order valence-corrected chi connectivity index (χ4v) is 1.59. The Morgan fingerprint density at radius 3 is 2.70 bits per heavy atom. The monoisotopic (exact) mass is 172 g/mol. The topological polar surface area (TPSA) is 34.1 Å². The molecule has 1 atom stereocenters. The Labute approximate surface area is 67.7 Å². The van der Waals surface area contributed by atoms with Crippen LogP contribution in [0.3, 0.4) is 0 Å². The van der Waals surface area contributed by atoms with Crippen LogP contribution in [0.4, 0.5) is 0 Å². The molecule has 0 aromatic heterocycles. The second-order valence-electron chi connectivity index (χ2n) is 1.76. The molecule has 0 N–H and O–H groups in total. The lowest BCUT2D eigenvalue weighted by molar-refractivity contribution is -0.122. The van der Waals surface area contributed by atoms with Crippen molar-refractivity contribution in [2.24, 2.45) is 5.92 Å². The maximum Gasteiger partial charge on any atom is 0.208 e. The Balaban J connectivity index is 2.87. The van der Waals surface area contributed by atoms with Crippen LogP contribution >= 0.6 is 24.0 Å². The van der Waals surface area contributed by atoms with Crippen molar-refractivity contribution in [3.8, 4) is 0 Å². The molecule has 1 heterocycles. The van der Waals surface area contributed by atoms with E-state index in [0.717, 1.165) is 11.8 Å². The molecule has 0 aliphatic carbocycles. The van der Waals surface area contributed by atoms with Crippen LogP contribution in [0.2, 0.25) is 0 Å². The molecule has 2 nitrogen and oxygen atoms in total. The molecule has 0 aromatic rings. The first-order valence-corrected chi connectivity index (χ1v) is 3.97. The fourth-order valence-electron chi connectivity index (χ4n) is 0.584. The van der Waals surface area contributed by atoms with Crippen LogP contribution in [0.5, 0.6) is 0 Å². The van der Waals surface area contributed by atoms with Gasteiger partial charge in [-0.15, -0.1) is 0 Å². The number of hydrogen-bond donors (Lipinski definition) is 0. The van der Waals surface area contributed by atoms with E-state index >= 15 is 0 Å². The smallest absolute Gasteiger partial charge is 0.208 e. The molecule has 0 saturated carbocycles. The Hall–Kier alpha value is -0.480. The van der Waals surface area contributed by atoms with Gasteiger partial charge >= 0.3 is 0 Å². The summed E-state index contributed by atoms with van der Waals surface area (Å²) in [5.74, 6) is -0.899. The Morgan fingerprint density at radius 1 is 1.60 bits per heavy atom. The molecule has 0 radical (unpaired) electrons. The van der Waals surface area contributed by atoms with Gasteiger partial charge in [-0.3, -0.25) is 9.59 Å². The molecule has 0 amide bonds. The summed E-state index contributed by atoms with van der Waals surface area (Å²) in [6, 6.07) is 0. The molecule has 10 heavy (non-hydrogen) atoms. The summed E-state index contributed by atoms with van der Waals surface area (Å²) in [5.41, 5.74) is 0. The van der Waals surface area contributed by atoms with Gasteiger partial charge in [0.05, 0.1) is 0 Å². The van der Waals surface area contributed by atoms with Crippen molar-refractivity contribution in [3.05, 3.63) is 11.5 Å². The summed E-state index contributed by atoms with van der Waals surface area (Å²) in [5, 5.41) is 2.52. The molecule has 1 aliphatic heterocycles. The van der Waals surface area contributed by atoms with Crippen molar-refractivity contribution < 1.29 is 9.59 Å². The molecular formula is C6H4O2S2. The van der Waals surface area contributed by atoms with E-state index in [4.69, 9.17) is 0 Å². The average molecular weight is 172 g/mol. The third-order valence-electron chi connectivity index (χ3n) is 1.11. The van der Waals surface area contributed by atoms with E-state index in [-0.39, 0.29) is 10.9 Å². The third kappa shape index (κ3) is 1.33. The number of hydrogen-bond acceptors (Lipinski definition) is 4. The van der Waals surface area contributed by atoms with Gasteiger partial charge in [0.15, 0.2) is 5.78 Å². The highest BCUT2D eigenvalue weighted by Crippen LogP contribution is 2.18. The third-order valence-corrected chi connectivity index (χ3v) is 2.14. The standard InChI is InChI=1S/C6H4O2S2/c7-5-1-2-10-6(8)4(5)3-9/h1-4H. The highest BCUT2D eigenvalue weighted by molar-refractivity contribution is 8.16. The molecule has 1 rings (SSSR count). The average Bonchev–Trinajstić information content (AvgIpc) is 1.88. The zero-order chi connectivity index (χ0) is 7.56. The van der Waals surface area contributed by atoms with E-state index in [9.17, 15) is 9.59 Å². The summed E-state index contributed by atoms with van der Waals surface area (Å²) in [7, 11) is 0. The second kappa shape index (κ2) is 3.07. The van der Waals surface area contributed by atoms with Gasteiger partial charge in [-0.05, 0) is 16.9 Å². The van der Waals surface area contributed by atoms with Crippen molar-refractivity contribution in [2.45, 2.75) is 0 Å². The highest BCUT2D eigenvalue weighted by atomic mass is 32.2. The van der Waals surface area contributed by atoms with Gasteiger partial charge in [0.1, 0.15) is 5.92 Å². The molecule has 1 aliphatic rings. The van der Waals surface area contributed by atoms with Crippen molar-refractivity contribution in [1.29, 1.82) is 0 Å². The van der Waals surface area contributed by atoms with Gasteiger partial charge in [-0.1, -0.05) is 24.0 Å². The van der Waals surface area contributed by atoms with E-state index in [0.29, 0.717) is 0 Å². The lowest BCUT2D eigenvalue weighted by Crippen LogP contribution is -2.22. The van der Waals surface area contributed by atoms with Gasteiger partial charge in [0.2, 0.25) is 5.12 Å². The van der Waals surface area contributed by atoms with Gasteiger partial charge in [0.25, 0.3) is 0 Å². The molecule has 52 valence electrons.